The quantitative estimate of drug-likeness (QED) is 0.373. The highest BCUT2D eigenvalue weighted by Gasteiger charge is 2.17. The van der Waals surface area contributed by atoms with Gasteiger partial charge >= 0.3 is 0 Å². The van der Waals surface area contributed by atoms with Crippen LogP contribution in [0.2, 0.25) is 11.6 Å². The molecule has 0 spiro atoms. The number of fused-ring (bicyclic) bond motifs is 1. The highest BCUT2D eigenvalue weighted by atomic mass is 16.5. The van der Waals surface area contributed by atoms with Crippen LogP contribution in [0, 0.1) is 6.92 Å². The van der Waals surface area contributed by atoms with Crippen LogP contribution in [-0.2, 0) is 14.2 Å². The minimum absolute atomic E-state index is 0.0611. The molecule has 1 heterocycles. The van der Waals surface area contributed by atoms with E-state index in [1.54, 1.807) is 7.28 Å². The van der Waals surface area contributed by atoms with Gasteiger partial charge in [-0.1, -0.05) is 56.1 Å². The normalized spacial score (nSPS) is 11.5. The van der Waals surface area contributed by atoms with Crippen molar-refractivity contribution >= 4 is 36.7 Å². The van der Waals surface area contributed by atoms with Gasteiger partial charge in [0, 0.05) is 19.3 Å². The van der Waals surface area contributed by atoms with Crippen molar-refractivity contribution in [2.75, 3.05) is 46.2 Å². The van der Waals surface area contributed by atoms with Crippen molar-refractivity contribution in [2.24, 2.45) is 0 Å². The second-order valence-electron chi connectivity index (χ2n) is 8.50. The Labute approximate surface area is 187 Å². The number of para-hydroxylation sites is 1. The van der Waals surface area contributed by atoms with Crippen molar-refractivity contribution in [3.63, 3.8) is 0 Å². The molecule has 0 unspecified atom stereocenters. The largest absolute Gasteiger partial charge is 0.380 e. The number of carbonyl (C=O) groups excluding carboxylic acids is 1. The number of pyridine rings is 1. The monoisotopic (exact) mass is 424 g/mol. The number of rotatable bonds is 14. The standard InChI is InChI=1S/C23H34B2N2O4/c1-18-6-5-7-19-20(8-10-26-21(18)19)24-9-12-29-14-16-31-17-15-30-13-11-27-22(28)25-23(2,3)4/h5-8,10H,9,11-17H2,1-4H3,(H,27,28). The van der Waals surface area contributed by atoms with Crippen molar-refractivity contribution in [2.45, 2.75) is 39.3 Å². The zero-order chi connectivity index (χ0) is 22.5. The van der Waals surface area contributed by atoms with Gasteiger partial charge in [-0.25, -0.2) is 0 Å². The zero-order valence-electron chi connectivity index (χ0n) is 19.3. The van der Waals surface area contributed by atoms with E-state index in [4.69, 9.17) is 14.2 Å². The predicted octanol–water partition coefficient (Wildman–Crippen LogP) is 2.97. The third-order valence-corrected chi connectivity index (χ3v) is 4.49. The van der Waals surface area contributed by atoms with E-state index >= 15 is 0 Å². The molecule has 0 aliphatic carbocycles. The molecule has 166 valence electrons. The number of hydrogen-bond donors (Lipinski definition) is 1. The molecule has 2 radical (unpaired) electrons. The highest BCUT2D eigenvalue weighted by molar-refractivity contribution is 6.75. The summed E-state index contributed by atoms with van der Waals surface area (Å²) in [7, 11) is 3.87. The summed E-state index contributed by atoms with van der Waals surface area (Å²) >= 11 is 0. The minimum atomic E-state index is -0.120. The summed E-state index contributed by atoms with van der Waals surface area (Å²) in [4.78, 5) is 16.1. The number of aryl methyl sites for hydroxylation is 1. The maximum atomic E-state index is 11.6. The third kappa shape index (κ3) is 10.3. The summed E-state index contributed by atoms with van der Waals surface area (Å²) in [5, 5.41) is 3.87. The van der Waals surface area contributed by atoms with Crippen LogP contribution in [-0.4, -0.2) is 71.5 Å². The van der Waals surface area contributed by atoms with Crippen molar-refractivity contribution in [3.05, 3.63) is 36.0 Å². The Kier molecular flexibility index (Phi) is 11.1. The average Bonchev–Trinajstić information content (AvgIpc) is 2.70. The molecular weight excluding hydrogens is 390 g/mol. The van der Waals surface area contributed by atoms with Gasteiger partial charge < -0.3 is 19.5 Å². The maximum absolute atomic E-state index is 11.6. The van der Waals surface area contributed by atoms with Crippen LogP contribution in [0.5, 0.6) is 0 Å². The van der Waals surface area contributed by atoms with Gasteiger partial charge in [-0.05, 0) is 23.9 Å². The topological polar surface area (TPSA) is 69.7 Å². The first-order valence-corrected chi connectivity index (χ1v) is 10.9. The van der Waals surface area contributed by atoms with Crippen LogP contribution in [0.25, 0.3) is 10.9 Å². The summed E-state index contributed by atoms with van der Waals surface area (Å²) in [5.41, 5.74) is 3.44. The van der Waals surface area contributed by atoms with Gasteiger partial charge in [-0.15, -0.1) is 0 Å². The lowest BCUT2D eigenvalue weighted by atomic mass is 9.55. The van der Waals surface area contributed by atoms with E-state index in [1.165, 1.54) is 16.4 Å². The van der Waals surface area contributed by atoms with E-state index in [0.717, 1.165) is 11.8 Å². The molecule has 31 heavy (non-hydrogen) atoms. The van der Waals surface area contributed by atoms with Crippen molar-refractivity contribution in [3.8, 4) is 0 Å². The van der Waals surface area contributed by atoms with Crippen LogP contribution < -0.4 is 10.8 Å². The number of aromatic nitrogens is 1. The molecule has 0 atom stereocenters. The lowest BCUT2D eigenvalue weighted by Crippen LogP contribution is -2.34. The minimum Gasteiger partial charge on any atom is -0.380 e. The molecule has 2 aromatic rings. The summed E-state index contributed by atoms with van der Waals surface area (Å²) in [6.07, 6.45) is 2.70. The van der Waals surface area contributed by atoms with E-state index < -0.39 is 0 Å². The smallest absolute Gasteiger partial charge is 0.239 e. The highest BCUT2D eigenvalue weighted by Crippen LogP contribution is 2.19. The fraction of sp³-hybridized carbons (Fsp3) is 0.565. The van der Waals surface area contributed by atoms with Gasteiger partial charge in [0.1, 0.15) is 0 Å². The molecule has 6 nitrogen and oxygen atoms in total. The number of benzene rings is 1. The van der Waals surface area contributed by atoms with E-state index in [1.807, 2.05) is 33.0 Å². The van der Waals surface area contributed by atoms with Crippen molar-refractivity contribution in [1.82, 2.24) is 10.3 Å². The Morgan fingerprint density at radius 2 is 1.68 bits per heavy atom. The number of hydrogen-bond acceptors (Lipinski definition) is 5. The van der Waals surface area contributed by atoms with Crippen molar-refractivity contribution in [1.29, 1.82) is 0 Å². The number of ether oxygens (including phenoxy) is 3. The van der Waals surface area contributed by atoms with Gasteiger partial charge in [0.05, 0.1) is 38.6 Å². The van der Waals surface area contributed by atoms with Crippen LogP contribution in [0.3, 0.4) is 0 Å². The fourth-order valence-corrected chi connectivity index (χ4v) is 3.05. The van der Waals surface area contributed by atoms with Gasteiger partial charge in [-0.2, -0.15) is 0 Å². The molecule has 1 amide bonds. The van der Waals surface area contributed by atoms with Crippen LogP contribution in [0.4, 0.5) is 4.79 Å². The molecule has 2 rings (SSSR count). The van der Waals surface area contributed by atoms with Gasteiger partial charge in [0.25, 0.3) is 0 Å². The first-order chi connectivity index (χ1) is 14.9. The summed E-state index contributed by atoms with van der Waals surface area (Å²) in [5.74, 6) is -0.0611. The molecule has 8 heteroatoms. The first-order valence-electron chi connectivity index (χ1n) is 10.9. The Morgan fingerprint density at radius 3 is 2.39 bits per heavy atom. The molecule has 0 aliphatic heterocycles. The number of carbonyl (C=O) groups is 1. The number of amides is 1. The molecule has 1 N–H and O–H groups in total. The molecule has 0 aliphatic rings. The Hall–Kier alpha value is -1.89. The van der Waals surface area contributed by atoms with Crippen LogP contribution in [0.15, 0.2) is 30.5 Å². The van der Waals surface area contributed by atoms with E-state index in [9.17, 15) is 4.79 Å². The third-order valence-electron chi connectivity index (χ3n) is 4.49. The SMILES string of the molecule is Cc1cccc2c([B]CCOCCOCCOCCNC(=O)[B]C(C)(C)C)ccnc12. The molecule has 1 aromatic carbocycles. The van der Waals surface area contributed by atoms with E-state index in [2.05, 4.69) is 42.7 Å². The molecule has 0 bridgehead atoms. The van der Waals surface area contributed by atoms with Gasteiger partial charge in [0.2, 0.25) is 7.28 Å². The van der Waals surface area contributed by atoms with Gasteiger partial charge in [-0.3, -0.25) is 9.78 Å². The molecule has 0 fully saturated rings. The molecular formula is C23H34B2N2O4. The summed E-state index contributed by atoms with van der Waals surface area (Å²) < 4.78 is 16.6. The van der Waals surface area contributed by atoms with E-state index in [-0.39, 0.29) is 11.1 Å². The van der Waals surface area contributed by atoms with Crippen LogP contribution >= 0.6 is 0 Å². The average molecular weight is 424 g/mol. The predicted molar refractivity (Wildman–Crippen MR) is 128 cm³/mol. The zero-order valence-corrected chi connectivity index (χ0v) is 19.3. The van der Waals surface area contributed by atoms with Crippen molar-refractivity contribution < 1.29 is 19.0 Å². The molecule has 0 saturated heterocycles. The lowest BCUT2D eigenvalue weighted by molar-refractivity contribution is 0.0179. The maximum Gasteiger partial charge on any atom is 0.239 e. The fourth-order valence-electron chi connectivity index (χ4n) is 3.05. The Bertz CT molecular complexity index is 812. The summed E-state index contributed by atoms with van der Waals surface area (Å²) in [6, 6.07) is 8.29. The van der Waals surface area contributed by atoms with Gasteiger partial charge in [0.15, 0.2) is 13.1 Å². The Morgan fingerprint density at radius 1 is 1.00 bits per heavy atom. The number of nitrogens with zero attached hydrogens (tertiary/aromatic N) is 1. The van der Waals surface area contributed by atoms with E-state index in [0.29, 0.717) is 46.2 Å². The second kappa shape index (κ2) is 13.5. The molecule has 1 aromatic heterocycles. The molecule has 0 saturated carbocycles. The lowest BCUT2D eigenvalue weighted by Gasteiger charge is -2.15. The Balaban J connectivity index is 1.43. The first kappa shape index (κ1) is 25.4. The second-order valence-corrected chi connectivity index (χ2v) is 8.50. The van der Waals surface area contributed by atoms with Crippen LogP contribution in [0.1, 0.15) is 26.3 Å². The summed E-state index contributed by atoms with van der Waals surface area (Å²) in [6.45, 7) is 11.8. The number of nitrogens with one attached hydrogen (secondary N) is 1.